The number of aryl methyl sites for hydroxylation is 1. The molecule has 0 radical (unpaired) electrons. The highest BCUT2D eigenvalue weighted by Crippen LogP contribution is 2.31. The van der Waals surface area contributed by atoms with E-state index in [2.05, 4.69) is 4.98 Å². The van der Waals surface area contributed by atoms with E-state index in [4.69, 9.17) is 14.5 Å². The third kappa shape index (κ3) is 6.43. The zero-order valence-electron chi connectivity index (χ0n) is 21.5. The highest BCUT2D eigenvalue weighted by Gasteiger charge is 2.26. The molecule has 9 nitrogen and oxygen atoms in total. The van der Waals surface area contributed by atoms with Crippen LogP contribution in [-0.4, -0.2) is 69.1 Å². The number of carbonyl (C=O) groups excluding carboxylic acids is 1. The third-order valence-corrected chi connectivity index (χ3v) is 8.84. The summed E-state index contributed by atoms with van der Waals surface area (Å²) in [5.41, 5.74) is 2.97. The van der Waals surface area contributed by atoms with Crippen LogP contribution in [0.3, 0.4) is 0 Å². The Kier molecular flexibility index (Phi) is 9.18. The zero-order chi connectivity index (χ0) is 27.1. The van der Waals surface area contributed by atoms with Crippen LogP contribution in [0.5, 0.6) is 0 Å². The van der Waals surface area contributed by atoms with Gasteiger partial charge in [0, 0.05) is 39.1 Å². The number of hydrogen-bond donors (Lipinski definition) is 0. The molecule has 2 aromatic heterocycles. The van der Waals surface area contributed by atoms with Crippen molar-refractivity contribution in [1.29, 1.82) is 0 Å². The van der Waals surface area contributed by atoms with Crippen molar-refractivity contribution < 1.29 is 22.7 Å². The first kappa shape index (κ1) is 27.8. The van der Waals surface area contributed by atoms with Crippen LogP contribution in [0.2, 0.25) is 0 Å². The Morgan fingerprint density at radius 3 is 2.32 bits per heavy atom. The number of aromatic nitrogens is 2. The molecule has 0 bridgehead atoms. The van der Waals surface area contributed by atoms with Gasteiger partial charge in [0.25, 0.3) is 5.91 Å². The summed E-state index contributed by atoms with van der Waals surface area (Å²) in [4.78, 5) is 24.5. The summed E-state index contributed by atoms with van der Waals surface area (Å²) in [7, 11) is -0.765. The van der Waals surface area contributed by atoms with Gasteiger partial charge in [0.15, 0.2) is 5.13 Å². The van der Waals surface area contributed by atoms with Crippen LogP contribution in [0.15, 0.2) is 71.8 Å². The smallest absolute Gasteiger partial charge is 0.260 e. The van der Waals surface area contributed by atoms with Gasteiger partial charge in [-0.1, -0.05) is 23.5 Å². The molecule has 0 saturated carbocycles. The molecule has 0 N–H and O–H groups in total. The quantitative estimate of drug-likeness (QED) is 0.260. The van der Waals surface area contributed by atoms with Crippen LogP contribution in [0, 0.1) is 6.92 Å². The number of amides is 1. The Hall–Kier alpha value is -3.22. The van der Waals surface area contributed by atoms with Gasteiger partial charge in [-0.15, -0.1) is 0 Å². The topological polar surface area (TPSA) is 102 Å². The predicted molar refractivity (Wildman–Crippen MR) is 148 cm³/mol. The summed E-state index contributed by atoms with van der Waals surface area (Å²) in [6.07, 6.45) is 1.68. The normalized spacial score (nSPS) is 11.8. The lowest BCUT2D eigenvalue weighted by atomic mass is 10.2. The SMILES string of the molecule is COCCN(CCOC)S(=O)(=O)c1ccc(C(=O)N(Cc2ccccn2)c2nc3ccc(C)cc3s2)cc1. The number of methoxy groups -OCH3 is 2. The lowest BCUT2D eigenvalue weighted by molar-refractivity contribution is 0.0984. The largest absolute Gasteiger partial charge is 0.383 e. The molecule has 0 spiro atoms. The number of anilines is 1. The minimum atomic E-state index is -3.80. The fourth-order valence-corrected chi connectivity index (χ4v) is 6.30. The molecule has 0 saturated heterocycles. The van der Waals surface area contributed by atoms with Crippen molar-refractivity contribution in [2.75, 3.05) is 45.4 Å². The van der Waals surface area contributed by atoms with E-state index in [1.54, 1.807) is 11.1 Å². The molecule has 4 aromatic rings. The number of ether oxygens (including phenoxy) is 2. The second-order valence-corrected chi connectivity index (χ2v) is 11.5. The van der Waals surface area contributed by atoms with Gasteiger partial charge < -0.3 is 9.47 Å². The van der Waals surface area contributed by atoms with Gasteiger partial charge in [-0.3, -0.25) is 14.7 Å². The van der Waals surface area contributed by atoms with E-state index in [1.165, 1.54) is 54.1 Å². The number of thiazole rings is 1. The molecule has 0 fully saturated rings. The maximum absolute atomic E-state index is 13.7. The summed E-state index contributed by atoms with van der Waals surface area (Å²) in [6.45, 7) is 3.13. The summed E-state index contributed by atoms with van der Waals surface area (Å²) >= 11 is 1.43. The number of pyridine rings is 1. The average molecular weight is 555 g/mol. The van der Waals surface area contributed by atoms with Crippen LogP contribution in [0.4, 0.5) is 5.13 Å². The molecule has 0 atom stereocenters. The van der Waals surface area contributed by atoms with E-state index in [-0.39, 0.29) is 43.7 Å². The molecular weight excluding hydrogens is 524 g/mol. The number of carbonyl (C=O) groups is 1. The van der Waals surface area contributed by atoms with Crippen molar-refractivity contribution in [2.45, 2.75) is 18.4 Å². The number of nitrogens with zero attached hydrogens (tertiary/aromatic N) is 4. The Morgan fingerprint density at radius 2 is 1.68 bits per heavy atom. The predicted octanol–water partition coefficient (Wildman–Crippen LogP) is 4.13. The third-order valence-electron chi connectivity index (χ3n) is 5.88. The lowest BCUT2D eigenvalue weighted by Crippen LogP contribution is -2.36. The van der Waals surface area contributed by atoms with Crippen LogP contribution in [0.25, 0.3) is 10.2 Å². The molecule has 2 heterocycles. The average Bonchev–Trinajstić information content (AvgIpc) is 3.35. The van der Waals surface area contributed by atoms with E-state index >= 15 is 0 Å². The Balaban J connectivity index is 1.64. The second kappa shape index (κ2) is 12.5. The first-order chi connectivity index (χ1) is 18.3. The van der Waals surface area contributed by atoms with Gasteiger partial charge in [0.1, 0.15) is 0 Å². The Morgan fingerprint density at radius 1 is 0.974 bits per heavy atom. The number of rotatable bonds is 12. The van der Waals surface area contributed by atoms with Crippen molar-refractivity contribution in [2.24, 2.45) is 0 Å². The van der Waals surface area contributed by atoms with Crippen molar-refractivity contribution >= 4 is 42.6 Å². The van der Waals surface area contributed by atoms with E-state index in [1.807, 2.05) is 43.3 Å². The molecule has 4 rings (SSSR count). The summed E-state index contributed by atoms with van der Waals surface area (Å²) in [5.74, 6) is -0.300. The maximum atomic E-state index is 13.7. The maximum Gasteiger partial charge on any atom is 0.260 e. The molecule has 38 heavy (non-hydrogen) atoms. The minimum Gasteiger partial charge on any atom is -0.383 e. The van der Waals surface area contributed by atoms with Gasteiger partial charge in [-0.2, -0.15) is 4.31 Å². The van der Waals surface area contributed by atoms with Gasteiger partial charge in [-0.25, -0.2) is 13.4 Å². The fraction of sp³-hybridized carbons (Fsp3) is 0.296. The molecule has 0 aliphatic heterocycles. The summed E-state index contributed by atoms with van der Waals surface area (Å²) in [5, 5.41) is 0.545. The summed E-state index contributed by atoms with van der Waals surface area (Å²) in [6, 6.07) is 17.5. The zero-order valence-corrected chi connectivity index (χ0v) is 23.2. The number of hydrogen-bond acceptors (Lipinski definition) is 8. The van der Waals surface area contributed by atoms with E-state index in [0.717, 1.165) is 15.8 Å². The van der Waals surface area contributed by atoms with Crippen LogP contribution >= 0.6 is 11.3 Å². The fourth-order valence-electron chi connectivity index (χ4n) is 3.83. The molecule has 11 heteroatoms. The van der Waals surface area contributed by atoms with E-state index < -0.39 is 10.0 Å². The van der Waals surface area contributed by atoms with Crippen molar-refractivity contribution in [1.82, 2.24) is 14.3 Å². The standard InChI is InChI=1S/C27H30N4O5S2/c1-20-7-12-24-25(18-20)37-27(29-24)31(19-22-6-4-5-13-28-22)26(32)21-8-10-23(11-9-21)38(33,34)30(14-16-35-2)15-17-36-3/h4-13,18H,14-17,19H2,1-3H3. The van der Waals surface area contributed by atoms with E-state index in [0.29, 0.717) is 16.4 Å². The first-order valence-electron chi connectivity index (χ1n) is 12.0. The van der Waals surface area contributed by atoms with Gasteiger partial charge in [0.2, 0.25) is 10.0 Å². The van der Waals surface area contributed by atoms with Gasteiger partial charge >= 0.3 is 0 Å². The molecule has 1 amide bonds. The van der Waals surface area contributed by atoms with Crippen molar-refractivity contribution in [3.63, 3.8) is 0 Å². The molecular formula is C27H30N4O5S2. The lowest BCUT2D eigenvalue weighted by Gasteiger charge is -2.22. The number of sulfonamides is 1. The minimum absolute atomic E-state index is 0.0907. The molecule has 2 aromatic carbocycles. The molecule has 0 aliphatic carbocycles. The Bertz CT molecular complexity index is 1470. The Labute approximate surface area is 226 Å². The first-order valence-corrected chi connectivity index (χ1v) is 14.3. The second-order valence-electron chi connectivity index (χ2n) is 8.59. The number of fused-ring (bicyclic) bond motifs is 1. The van der Waals surface area contributed by atoms with Crippen molar-refractivity contribution in [3.8, 4) is 0 Å². The van der Waals surface area contributed by atoms with Crippen LogP contribution < -0.4 is 4.90 Å². The van der Waals surface area contributed by atoms with E-state index in [9.17, 15) is 13.2 Å². The highest BCUT2D eigenvalue weighted by atomic mass is 32.2. The monoisotopic (exact) mass is 554 g/mol. The number of benzene rings is 2. The van der Waals surface area contributed by atoms with Crippen LogP contribution in [0.1, 0.15) is 21.6 Å². The van der Waals surface area contributed by atoms with Gasteiger partial charge in [-0.05, 0) is 61.0 Å². The van der Waals surface area contributed by atoms with Gasteiger partial charge in [0.05, 0.1) is 40.6 Å². The van der Waals surface area contributed by atoms with Crippen molar-refractivity contribution in [3.05, 3.63) is 83.7 Å². The summed E-state index contributed by atoms with van der Waals surface area (Å²) < 4.78 is 38.9. The molecule has 0 unspecified atom stereocenters. The molecule has 0 aliphatic rings. The van der Waals surface area contributed by atoms with Crippen LogP contribution in [-0.2, 0) is 26.0 Å². The molecule has 200 valence electrons. The highest BCUT2D eigenvalue weighted by molar-refractivity contribution is 7.89.